The van der Waals surface area contributed by atoms with Crippen molar-refractivity contribution in [3.05, 3.63) is 23.2 Å². The minimum atomic E-state index is 0.473. The number of aromatic nitrogens is 4. The third-order valence-corrected chi connectivity index (χ3v) is 1.57. The molecule has 0 bridgehead atoms. The lowest BCUT2D eigenvalue weighted by Gasteiger charge is -1.84. The monoisotopic (exact) mass is 166 g/mol. The molecule has 0 spiro atoms. The Morgan fingerprint density at radius 2 is 2.27 bits per heavy atom. The molecule has 0 saturated carbocycles. The smallest absolute Gasteiger partial charge is 0.213 e. The Bertz CT molecular complexity index is 383. The van der Waals surface area contributed by atoms with Crippen molar-refractivity contribution in [1.29, 1.82) is 0 Å². The van der Waals surface area contributed by atoms with E-state index in [-0.39, 0.29) is 0 Å². The minimum Gasteiger partial charge on any atom is -0.367 e. The molecule has 0 aromatic carbocycles. The highest BCUT2D eigenvalue weighted by molar-refractivity contribution is 7.71. The summed E-state index contributed by atoms with van der Waals surface area (Å²) >= 11 is 4.80. The van der Waals surface area contributed by atoms with Gasteiger partial charge in [-0.25, -0.2) is 0 Å². The molecule has 2 aromatic rings. The van der Waals surface area contributed by atoms with Gasteiger partial charge in [-0.05, 0) is 18.3 Å². The number of hydrogen-bond donors (Lipinski definition) is 3. The standard InChI is InChI=1S/C6H6N4S/c11-6-8-5(9-10-6)4-1-2-7-3-4/h1-3,7H,(H2,8,9,10,11). The fourth-order valence-electron chi connectivity index (χ4n) is 0.878. The van der Waals surface area contributed by atoms with Gasteiger partial charge in [0.1, 0.15) is 0 Å². The lowest BCUT2D eigenvalue weighted by molar-refractivity contribution is 1.08. The number of nitrogens with one attached hydrogen (secondary N) is 3. The molecule has 0 radical (unpaired) electrons. The summed E-state index contributed by atoms with van der Waals surface area (Å²) in [4.78, 5) is 6.97. The van der Waals surface area contributed by atoms with Crippen molar-refractivity contribution in [2.24, 2.45) is 0 Å². The molecular formula is C6H6N4S. The Balaban J connectivity index is 2.53. The largest absolute Gasteiger partial charge is 0.367 e. The van der Waals surface area contributed by atoms with Gasteiger partial charge >= 0.3 is 0 Å². The van der Waals surface area contributed by atoms with Gasteiger partial charge in [0.2, 0.25) is 4.77 Å². The Kier molecular flexibility index (Phi) is 1.36. The molecule has 3 N–H and O–H groups in total. The zero-order valence-corrected chi connectivity index (χ0v) is 6.40. The van der Waals surface area contributed by atoms with Crippen molar-refractivity contribution < 1.29 is 0 Å². The van der Waals surface area contributed by atoms with Gasteiger partial charge in [-0.3, -0.25) is 10.2 Å². The fraction of sp³-hybridized carbons (Fsp3) is 0. The van der Waals surface area contributed by atoms with Crippen LogP contribution in [0.15, 0.2) is 18.5 Å². The molecule has 0 aliphatic heterocycles. The van der Waals surface area contributed by atoms with Crippen molar-refractivity contribution in [3.63, 3.8) is 0 Å². The molecule has 0 amide bonds. The lowest BCUT2D eigenvalue weighted by Crippen LogP contribution is -1.74. The van der Waals surface area contributed by atoms with E-state index in [4.69, 9.17) is 12.2 Å². The van der Waals surface area contributed by atoms with Crippen LogP contribution in [0.2, 0.25) is 0 Å². The van der Waals surface area contributed by atoms with Gasteiger partial charge in [-0.2, -0.15) is 4.98 Å². The van der Waals surface area contributed by atoms with Gasteiger partial charge in [0.15, 0.2) is 5.82 Å². The molecular weight excluding hydrogens is 160 g/mol. The van der Waals surface area contributed by atoms with Crippen molar-refractivity contribution in [2.45, 2.75) is 0 Å². The number of aromatic amines is 3. The maximum Gasteiger partial charge on any atom is 0.213 e. The van der Waals surface area contributed by atoms with Crippen molar-refractivity contribution in [1.82, 2.24) is 20.2 Å². The van der Waals surface area contributed by atoms with Crippen LogP contribution in [-0.2, 0) is 0 Å². The molecule has 0 saturated heterocycles. The summed E-state index contributed by atoms with van der Waals surface area (Å²) in [5.41, 5.74) is 0.998. The highest BCUT2D eigenvalue weighted by atomic mass is 32.1. The molecule has 0 fully saturated rings. The molecule has 0 aliphatic rings. The van der Waals surface area contributed by atoms with E-state index in [1.807, 2.05) is 18.5 Å². The SMILES string of the molecule is S=c1nc(-c2cc[nH]c2)[nH][nH]1. The van der Waals surface area contributed by atoms with E-state index < -0.39 is 0 Å². The highest BCUT2D eigenvalue weighted by Gasteiger charge is 1.98. The normalized spacial score (nSPS) is 10.2. The maximum absolute atomic E-state index is 4.80. The first-order valence-electron chi connectivity index (χ1n) is 3.14. The Morgan fingerprint density at radius 3 is 2.82 bits per heavy atom. The topological polar surface area (TPSA) is 60.3 Å². The van der Waals surface area contributed by atoms with Crippen LogP contribution in [0.25, 0.3) is 11.4 Å². The molecule has 0 aliphatic carbocycles. The second-order valence-corrected chi connectivity index (χ2v) is 2.50. The lowest BCUT2D eigenvalue weighted by atomic mass is 10.3. The van der Waals surface area contributed by atoms with Gasteiger partial charge < -0.3 is 4.98 Å². The van der Waals surface area contributed by atoms with Gasteiger partial charge in [-0.15, -0.1) is 0 Å². The predicted molar refractivity (Wildman–Crippen MR) is 43.6 cm³/mol. The van der Waals surface area contributed by atoms with E-state index >= 15 is 0 Å². The van der Waals surface area contributed by atoms with Crippen molar-refractivity contribution >= 4 is 12.2 Å². The van der Waals surface area contributed by atoms with E-state index in [0.29, 0.717) is 4.77 Å². The molecule has 2 aromatic heterocycles. The Hall–Kier alpha value is -1.36. The van der Waals surface area contributed by atoms with E-state index in [9.17, 15) is 0 Å². The zero-order chi connectivity index (χ0) is 7.68. The molecule has 2 heterocycles. The average molecular weight is 166 g/mol. The highest BCUT2D eigenvalue weighted by Crippen LogP contribution is 2.10. The van der Waals surface area contributed by atoms with Crippen LogP contribution in [0.5, 0.6) is 0 Å². The van der Waals surface area contributed by atoms with Crippen LogP contribution in [0.3, 0.4) is 0 Å². The van der Waals surface area contributed by atoms with E-state index in [2.05, 4.69) is 20.2 Å². The summed E-state index contributed by atoms with van der Waals surface area (Å²) in [5, 5.41) is 5.57. The first-order chi connectivity index (χ1) is 5.36. The second-order valence-electron chi connectivity index (χ2n) is 2.12. The van der Waals surface area contributed by atoms with Crippen molar-refractivity contribution in [2.75, 3.05) is 0 Å². The number of rotatable bonds is 1. The van der Waals surface area contributed by atoms with Gasteiger partial charge in [0.25, 0.3) is 0 Å². The summed E-state index contributed by atoms with van der Waals surface area (Å²) in [6, 6.07) is 1.92. The Morgan fingerprint density at radius 1 is 1.36 bits per heavy atom. The van der Waals surface area contributed by atoms with E-state index in [1.165, 1.54) is 0 Å². The van der Waals surface area contributed by atoms with Gasteiger partial charge in [-0.1, -0.05) is 0 Å². The summed E-state index contributed by atoms with van der Waals surface area (Å²) < 4.78 is 0.473. The number of nitrogens with zero attached hydrogens (tertiary/aromatic N) is 1. The predicted octanol–water partition coefficient (Wildman–Crippen LogP) is 1.46. The average Bonchev–Trinajstić information content (AvgIpc) is 2.55. The fourth-order valence-corrected chi connectivity index (χ4v) is 1.02. The Labute approximate surface area is 67.7 Å². The van der Waals surface area contributed by atoms with Crippen LogP contribution in [0, 0.1) is 4.77 Å². The van der Waals surface area contributed by atoms with Gasteiger partial charge in [0.05, 0.1) is 0 Å². The van der Waals surface area contributed by atoms with E-state index in [1.54, 1.807) is 0 Å². The molecule has 0 atom stereocenters. The quantitative estimate of drug-likeness (QED) is 0.562. The van der Waals surface area contributed by atoms with Gasteiger partial charge in [0, 0.05) is 18.0 Å². The molecule has 56 valence electrons. The van der Waals surface area contributed by atoms with Crippen LogP contribution >= 0.6 is 12.2 Å². The second kappa shape index (κ2) is 2.35. The molecule has 0 unspecified atom stereocenters. The zero-order valence-electron chi connectivity index (χ0n) is 5.59. The molecule has 4 nitrogen and oxygen atoms in total. The van der Waals surface area contributed by atoms with Crippen LogP contribution < -0.4 is 0 Å². The number of H-pyrrole nitrogens is 3. The molecule has 11 heavy (non-hydrogen) atoms. The van der Waals surface area contributed by atoms with Crippen LogP contribution in [-0.4, -0.2) is 20.2 Å². The van der Waals surface area contributed by atoms with Crippen LogP contribution in [0.1, 0.15) is 0 Å². The first-order valence-corrected chi connectivity index (χ1v) is 3.55. The summed E-state index contributed by atoms with van der Waals surface area (Å²) in [5.74, 6) is 0.760. The maximum atomic E-state index is 4.80. The summed E-state index contributed by atoms with van der Waals surface area (Å²) in [6.07, 6.45) is 3.68. The van der Waals surface area contributed by atoms with Crippen LogP contribution in [0.4, 0.5) is 0 Å². The molecule has 5 heteroatoms. The summed E-state index contributed by atoms with van der Waals surface area (Å²) in [7, 11) is 0. The first kappa shape index (κ1) is 6.36. The van der Waals surface area contributed by atoms with E-state index in [0.717, 1.165) is 11.4 Å². The molecule has 2 rings (SSSR count). The van der Waals surface area contributed by atoms with Crippen molar-refractivity contribution in [3.8, 4) is 11.4 Å². The number of hydrogen-bond acceptors (Lipinski definition) is 2. The third kappa shape index (κ3) is 1.10. The summed E-state index contributed by atoms with van der Waals surface area (Å²) in [6.45, 7) is 0. The minimum absolute atomic E-state index is 0.473. The third-order valence-electron chi connectivity index (χ3n) is 1.37.